The van der Waals surface area contributed by atoms with Crippen LogP contribution in [0.3, 0.4) is 0 Å². The predicted octanol–water partition coefficient (Wildman–Crippen LogP) is 7.46. The van der Waals surface area contributed by atoms with Crippen LogP contribution in [0.25, 0.3) is 21.2 Å². The molecule has 5 rings (SSSR count). The number of amides is 2. The number of methoxy groups -OCH3 is 1. The van der Waals surface area contributed by atoms with Crippen molar-refractivity contribution in [3.05, 3.63) is 76.7 Å². The van der Waals surface area contributed by atoms with Crippen molar-refractivity contribution in [2.75, 3.05) is 31.8 Å². The second-order valence-electron chi connectivity index (χ2n) is 11.1. The molecule has 1 aliphatic rings. The summed E-state index contributed by atoms with van der Waals surface area (Å²) in [6.45, 7) is 1.71. The summed E-state index contributed by atoms with van der Waals surface area (Å²) in [6, 6.07) is 15.5. The van der Waals surface area contributed by atoms with Crippen molar-refractivity contribution in [1.29, 1.82) is 0 Å². The highest BCUT2D eigenvalue weighted by Gasteiger charge is 2.34. The smallest absolute Gasteiger partial charge is 0.266 e. The normalized spacial score (nSPS) is 16.7. The van der Waals surface area contributed by atoms with Crippen LogP contribution in [-0.4, -0.2) is 54.4 Å². The van der Waals surface area contributed by atoms with E-state index in [0.29, 0.717) is 18.6 Å². The second-order valence-corrected chi connectivity index (χ2v) is 12.7. The van der Waals surface area contributed by atoms with Gasteiger partial charge in [-0.1, -0.05) is 18.2 Å². The molecule has 0 saturated heterocycles. The minimum atomic E-state index is -0.665. The van der Waals surface area contributed by atoms with E-state index in [0.717, 1.165) is 58.7 Å². The maximum absolute atomic E-state index is 14.7. The van der Waals surface area contributed by atoms with Gasteiger partial charge in [0.2, 0.25) is 5.91 Å². The van der Waals surface area contributed by atoms with E-state index in [4.69, 9.17) is 22.2 Å². The van der Waals surface area contributed by atoms with Crippen molar-refractivity contribution in [2.45, 2.75) is 51.2 Å². The number of thiophene rings is 1. The highest BCUT2D eigenvalue weighted by atomic mass is 35.5. The lowest BCUT2D eigenvalue weighted by atomic mass is 9.89. The van der Waals surface area contributed by atoms with E-state index in [-0.39, 0.29) is 51.1 Å². The fraction of sp³-hybridized carbons (Fsp3) is 0.333. The van der Waals surface area contributed by atoms with Crippen molar-refractivity contribution in [3.8, 4) is 16.9 Å². The van der Waals surface area contributed by atoms with E-state index in [2.05, 4.69) is 0 Å². The monoisotopic (exact) mass is 640 g/mol. The first-order valence-corrected chi connectivity index (χ1v) is 15.5. The van der Waals surface area contributed by atoms with Gasteiger partial charge in [0, 0.05) is 50.9 Å². The Bertz CT molecular complexity index is 1690. The Kier molecular flexibility index (Phi) is 9.43. The van der Waals surface area contributed by atoms with Crippen LogP contribution in [0.15, 0.2) is 54.6 Å². The number of fused-ring (bicyclic) bond motifs is 1. The van der Waals surface area contributed by atoms with Gasteiger partial charge in [-0.25, -0.2) is 13.2 Å². The molecule has 11 heteroatoms. The molecule has 232 valence electrons. The van der Waals surface area contributed by atoms with Gasteiger partial charge < -0.3 is 20.3 Å². The number of halogens is 3. The summed E-state index contributed by atoms with van der Waals surface area (Å²) in [7, 11) is 5.13. The minimum absolute atomic E-state index is 0.0247. The molecule has 0 aliphatic heterocycles. The molecule has 3 aromatic carbocycles. The number of hydrogen-bond donors (Lipinski definition) is 1. The summed E-state index contributed by atoms with van der Waals surface area (Å²) < 4.78 is 36.8. The number of carbonyl (C=O) groups excluding carboxylic acids is 2. The van der Waals surface area contributed by atoms with Crippen LogP contribution in [0.1, 0.15) is 47.8 Å². The zero-order valence-corrected chi connectivity index (χ0v) is 26.6. The van der Waals surface area contributed by atoms with Crippen LogP contribution in [0, 0.1) is 11.6 Å². The van der Waals surface area contributed by atoms with Gasteiger partial charge in [0.05, 0.1) is 22.9 Å². The van der Waals surface area contributed by atoms with Crippen LogP contribution >= 0.6 is 23.1 Å². The average Bonchev–Trinajstić information content (AvgIpc) is 3.39. The standard InChI is InChI=1S/C33H35ClF2N4O3S/c1-19(41)38(2)23-8-5-20(6-9-23)21-7-16-28(43-4)22(17-21)18-40(25-12-10-24(11-13-25)39(3)34)33(42)32-30(37)29-26(35)14-15-27(36)31(29)44-32/h5-9,14-17,24-25H,10-13,18,37H2,1-4H3. The summed E-state index contributed by atoms with van der Waals surface area (Å²) in [6.07, 6.45) is 2.98. The highest BCUT2D eigenvalue weighted by molar-refractivity contribution is 7.21. The van der Waals surface area contributed by atoms with Gasteiger partial charge in [-0.3, -0.25) is 9.59 Å². The lowest BCUT2D eigenvalue weighted by Gasteiger charge is -2.38. The van der Waals surface area contributed by atoms with Crippen molar-refractivity contribution in [2.24, 2.45) is 0 Å². The van der Waals surface area contributed by atoms with Crippen LogP contribution in [0.4, 0.5) is 20.2 Å². The maximum Gasteiger partial charge on any atom is 0.266 e. The third-order valence-electron chi connectivity index (χ3n) is 8.52. The van der Waals surface area contributed by atoms with E-state index in [1.807, 2.05) is 49.5 Å². The molecule has 0 unspecified atom stereocenters. The molecule has 44 heavy (non-hydrogen) atoms. The number of anilines is 2. The van der Waals surface area contributed by atoms with Gasteiger partial charge in [-0.15, -0.1) is 11.3 Å². The van der Waals surface area contributed by atoms with Crippen molar-refractivity contribution in [3.63, 3.8) is 0 Å². The molecule has 2 amide bonds. The Labute approximate surface area is 264 Å². The molecule has 1 aliphatic carbocycles. The molecule has 0 radical (unpaired) electrons. The molecule has 0 bridgehead atoms. The summed E-state index contributed by atoms with van der Waals surface area (Å²) in [5.41, 5.74) is 9.66. The van der Waals surface area contributed by atoms with E-state index in [9.17, 15) is 18.4 Å². The molecule has 2 N–H and O–H groups in total. The molecule has 7 nitrogen and oxygen atoms in total. The van der Waals surface area contributed by atoms with E-state index >= 15 is 0 Å². The first-order valence-electron chi connectivity index (χ1n) is 14.4. The number of benzene rings is 3. The predicted molar refractivity (Wildman–Crippen MR) is 173 cm³/mol. The Morgan fingerprint density at radius 3 is 2.16 bits per heavy atom. The molecule has 0 atom stereocenters. The lowest BCUT2D eigenvalue weighted by Crippen LogP contribution is -2.44. The first kappa shape index (κ1) is 31.7. The number of nitrogens with zero attached hydrogens (tertiary/aromatic N) is 3. The quantitative estimate of drug-likeness (QED) is 0.202. The van der Waals surface area contributed by atoms with Crippen LogP contribution in [-0.2, 0) is 11.3 Å². The molecule has 4 aromatic rings. The lowest BCUT2D eigenvalue weighted by molar-refractivity contribution is -0.116. The zero-order valence-electron chi connectivity index (χ0n) is 25.1. The largest absolute Gasteiger partial charge is 0.496 e. The van der Waals surface area contributed by atoms with Crippen molar-refractivity contribution < 1.29 is 23.1 Å². The van der Waals surface area contributed by atoms with Crippen molar-refractivity contribution in [1.82, 2.24) is 9.32 Å². The molecule has 1 aromatic heterocycles. The molecular formula is C33H35ClF2N4O3S. The second kappa shape index (κ2) is 13.1. The van der Waals surface area contributed by atoms with Gasteiger partial charge in [0.25, 0.3) is 5.91 Å². The average molecular weight is 641 g/mol. The minimum Gasteiger partial charge on any atom is -0.496 e. The van der Waals surface area contributed by atoms with Crippen molar-refractivity contribution >= 4 is 56.4 Å². The Morgan fingerprint density at radius 2 is 1.57 bits per heavy atom. The van der Waals surface area contributed by atoms with Crippen LogP contribution in [0.2, 0.25) is 0 Å². The van der Waals surface area contributed by atoms with Gasteiger partial charge in [-0.05, 0) is 85.0 Å². The summed E-state index contributed by atoms with van der Waals surface area (Å²) >= 11 is 7.13. The summed E-state index contributed by atoms with van der Waals surface area (Å²) in [5.74, 6) is -1.12. The summed E-state index contributed by atoms with van der Waals surface area (Å²) in [4.78, 5) is 29.5. The van der Waals surface area contributed by atoms with Gasteiger partial charge in [0.1, 0.15) is 22.3 Å². The summed E-state index contributed by atoms with van der Waals surface area (Å²) in [5, 5.41) is -0.0655. The number of carbonyl (C=O) groups is 2. The molecule has 1 fully saturated rings. The third-order valence-corrected chi connectivity index (χ3v) is 10.0. The first-order chi connectivity index (χ1) is 21.0. The van der Waals surface area contributed by atoms with Crippen LogP contribution in [0.5, 0.6) is 5.75 Å². The highest BCUT2D eigenvalue weighted by Crippen LogP contribution is 2.40. The fourth-order valence-electron chi connectivity index (χ4n) is 5.86. The van der Waals surface area contributed by atoms with Gasteiger partial charge >= 0.3 is 0 Å². The topological polar surface area (TPSA) is 79.1 Å². The van der Waals surface area contributed by atoms with Gasteiger partial charge in [-0.2, -0.15) is 0 Å². The zero-order chi connectivity index (χ0) is 31.7. The SMILES string of the molecule is COc1ccc(-c2ccc(N(C)C(C)=O)cc2)cc1CN(C(=O)c1sc2c(F)ccc(F)c2c1N)C1CCC(N(C)Cl)CC1. The molecule has 1 heterocycles. The maximum atomic E-state index is 14.7. The number of ether oxygens (including phenoxy) is 1. The Balaban J connectivity index is 1.53. The number of rotatable bonds is 8. The number of hydrogen-bond acceptors (Lipinski definition) is 6. The van der Waals surface area contributed by atoms with E-state index in [1.54, 1.807) is 28.4 Å². The molecular weight excluding hydrogens is 606 g/mol. The number of nitrogens with two attached hydrogens (primary N) is 1. The van der Waals surface area contributed by atoms with Gasteiger partial charge in [0.15, 0.2) is 0 Å². The van der Waals surface area contributed by atoms with E-state index < -0.39 is 11.6 Å². The van der Waals surface area contributed by atoms with E-state index in [1.165, 1.54) is 6.92 Å². The Hall–Kier alpha value is -3.73. The molecule has 1 saturated carbocycles. The van der Waals surface area contributed by atoms with Crippen LogP contribution < -0.4 is 15.4 Å². The Morgan fingerprint density at radius 1 is 0.955 bits per heavy atom. The number of nitrogen functional groups attached to an aromatic ring is 1. The fourth-order valence-corrected chi connectivity index (χ4v) is 7.15. The molecule has 0 spiro atoms. The third kappa shape index (κ3) is 6.24.